The maximum absolute atomic E-state index is 13.1. The number of guanidine groups is 1. The van der Waals surface area contributed by atoms with E-state index in [2.05, 4.69) is 33.4 Å². The maximum atomic E-state index is 13.1. The summed E-state index contributed by atoms with van der Waals surface area (Å²) in [5.74, 6) is 0.973. The van der Waals surface area contributed by atoms with Crippen LogP contribution in [0.1, 0.15) is 49.8 Å². The summed E-state index contributed by atoms with van der Waals surface area (Å²) in [7, 11) is 0. The van der Waals surface area contributed by atoms with Gasteiger partial charge in [0.15, 0.2) is 0 Å². The SMILES string of the molecule is C\C=C/C=C\C=C\N1C(N2CCCCC2)=Nc2ccccc2C1CC(=O)NCc1ccccc1. The number of para-hydroxylation sites is 1. The molecule has 2 aromatic carbocycles. The summed E-state index contributed by atoms with van der Waals surface area (Å²) in [6, 6.07) is 18.1. The van der Waals surface area contributed by atoms with E-state index in [9.17, 15) is 4.79 Å². The molecule has 176 valence electrons. The van der Waals surface area contributed by atoms with Crippen LogP contribution in [0.5, 0.6) is 0 Å². The Morgan fingerprint density at radius 2 is 1.71 bits per heavy atom. The highest BCUT2D eigenvalue weighted by atomic mass is 16.1. The van der Waals surface area contributed by atoms with Crippen molar-refractivity contribution < 1.29 is 4.79 Å². The number of benzene rings is 2. The van der Waals surface area contributed by atoms with Crippen LogP contribution in [0.2, 0.25) is 0 Å². The van der Waals surface area contributed by atoms with Gasteiger partial charge in [-0.15, -0.1) is 0 Å². The number of rotatable bonds is 7. The lowest BCUT2D eigenvalue weighted by Crippen LogP contribution is -2.47. The summed E-state index contributed by atoms with van der Waals surface area (Å²) in [6.07, 6.45) is 16.1. The van der Waals surface area contributed by atoms with Gasteiger partial charge < -0.3 is 15.1 Å². The Morgan fingerprint density at radius 3 is 2.50 bits per heavy atom. The van der Waals surface area contributed by atoms with E-state index in [4.69, 9.17) is 4.99 Å². The second kappa shape index (κ2) is 12.0. The summed E-state index contributed by atoms with van der Waals surface area (Å²) in [6.45, 7) is 4.52. The average molecular weight is 455 g/mol. The number of aliphatic imine (C=N–C) groups is 1. The molecule has 4 rings (SSSR count). The fraction of sp³-hybridized carbons (Fsp3) is 0.310. The lowest BCUT2D eigenvalue weighted by Gasteiger charge is -2.41. The molecule has 0 aliphatic carbocycles. The number of nitrogens with zero attached hydrogens (tertiary/aromatic N) is 3. The largest absolute Gasteiger partial charge is 0.352 e. The number of carbonyl (C=O) groups is 1. The molecule has 0 aromatic heterocycles. The Morgan fingerprint density at radius 1 is 0.971 bits per heavy atom. The molecular formula is C29H34N4O. The zero-order chi connectivity index (χ0) is 23.6. The van der Waals surface area contributed by atoms with E-state index in [0.29, 0.717) is 13.0 Å². The molecule has 2 heterocycles. The van der Waals surface area contributed by atoms with Crippen LogP contribution in [0.15, 0.2) is 96.2 Å². The van der Waals surface area contributed by atoms with E-state index < -0.39 is 0 Å². The van der Waals surface area contributed by atoms with Crippen LogP contribution in [-0.2, 0) is 11.3 Å². The van der Waals surface area contributed by atoms with E-state index in [1.807, 2.05) is 79.8 Å². The third-order valence-corrected chi connectivity index (χ3v) is 6.21. The number of fused-ring (bicyclic) bond motifs is 1. The number of amides is 1. The number of allylic oxidation sites excluding steroid dienone is 5. The Labute approximate surface area is 203 Å². The average Bonchev–Trinajstić information content (AvgIpc) is 2.89. The molecule has 5 nitrogen and oxygen atoms in total. The monoisotopic (exact) mass is 454 g/mol. The third kappa shape index (κ3) is 6.04. The van der Waals surface area contributed by atoms with Gasteiger partial charge in [-0.05, 0) is 43.9 Å². The van der Waals surface area contributed by atoms with E-state index in [-0.39, 0.29) is 11.9 Å². The highest BCUT2D eigenvalue weighted by Crippen LogP contribution is 2.38. The molecule has 0 radical (unpaired) electrons. The Bertz CT molecular complexity index is 1060. The normalized spacial score (nSPS) is 18.5. The lowest BCUT2D eigenvalue weighted by molar-refractivity contribution is -0.122. The van der Waals surface area contributed by atoms with Crippen LogP contribution in [0, 0.1) is 0 Å². The van der Waals surface area contributed by atoms with Crippen LogP contribution < -0.4 is 5.32 Å². The smallest absolute Gasteiger partial charge is 0.222 e. The number of likely N-dealkylation sites (tertiary alicyclic amines) is 1. The van der Waals surface area contributed by atoms with Gasteiger partial charge in [-0.25, -0.2) is 4.99 Å². The summed E-state index contributed by atoms with van der Waals surface area (Å²) < 4.78 is 0. The predicted molar refractivity (Wildman–Crippen MR) is 140 cm³/mol. The van der Waals surface area contributed by atoms with Crippen molar-refractivity contribution in [2.24, 2.45) is 4.99 Å². The van der Waals surface area contributed by atoms with Crippen LogP contribution in [-0.4, -0.2) is 34.8 Å². The first kappa shape index (κ1) is 23.6. The number of carbonyl (C=O) groups excluding carboxylic acids is 1. The Balaban J connectivity index is 1.61. The fourth-order valence-corrected chi connectivity index (χ4v) is 4.46. The highest BCUT2D eigenvalue weighted by Gasteiger charge is 2.33. The van der Waals surface area contributed by atoms with Gasteiger partial charge in [0.1, 0.15) is 0 Å². The van der Waals surface area contributed by atoms with Crippen LogP contribution in [0.25, 0.3) is 0 Å². The number of hydrogen-bond acceptors (Lipinski definition) is 4. The highest BCUT2D eigenvalue weighted by molar-refractivity contribution is 5.88. The summed E-state index contributed by atoms with van der Waals surface area (Å²) >= 11 is 0. The van der Waals surface area contributed by atoms with E-state index in [0.717, 1.165) is 35.9 Å². The summed E-state index contributed by atoms with van der Waals surface area (Å²) in [5.41, 5.74) is 3.14. The van der Waals surface area contributed by atoms with Crippen molar-refractivity contribution in [3.05, 3.63) is 102 Å². The zero-order valence-electron chi connectivity index (χ0n) is 19.9. The van der Waals surface area contributed by atoms with Crippen LogP contribution in [0.4, 0.5) is 5.69 Å². The van der Waals surface area contributed by atoms with Gasteiger partial charge in [0, 0.05) is 31.4 Å². The molecule has 1 fully saturated rings. The quantitative estimate of drug-likeness (QED) is 0.532. The van der Waals surface area contributed by atoms with Crippen molar-refractivity contribution in [2.45, 2.75) is 45.2 Å². The fourth-order valence-electron chi connectivity index (χ4n) is 4.46. The molecule has 5 heteroatoms. The van der Waals surface area contributed by atoms with Gasteiger partial charge in [0.05, 0.1) is 18.2 Å². The van der Waals surface area contributed by atoms with Crippen LogP contribution >= 0.6 is 0 Å². The van der Waals surface area contributed by atoms with Crippen molar-refractivity contribution in [3.63, 3.8) is 0 Å². The van der Waals surface area contributed by atoms with Gasteiger partial charge in [-0.1, -0.05) is 72.8 Å². The minimum absolute atomic E-state index is 0.0337. The van der Waals surface area contributed by atoms with Crippen molar-refractivity contribution in [2.75, 3.05) is 13.1 Å². The number of piperidine rings is 1. The lowest BCUT2D eigenvalue weighted by atomic mass is 9.98. The van der Waals surface area contributed by atoms with Crippen molar-refractivity contribution in [3.8, 4) is 0 Å². The standard InChI is InChI=1S/C29H34N4O/c1-2-3-4-5-14-21-33-27(22-28(34)30-23-24-15-8-6-9-16-24)25-17-10-11-18-26(25)31-29(33)32-19-12-7-13-20-32/h2-6,8-11,14-18,21,27H,7,12-13,19-20,22-23H2,1H3,(H,30,34)/b3-2-,5-4-,21-14+. The number of hydrogen-bond donors (Lipinski definition) is 1. The molecular weight excluding hydrogens is 420 g/mol. The van der Waals surface area contributed by atoms with Crippen molar-refractivity contribution >= 4 is 17.6 Å². The van der Waals surface area contributed by atoms with Crippen molar-refractivity contribution in [1.82, 2.24) is 15.1 Å². The molecule has 1 unspecified atom stereocenters. The number of nitrogens with one attached hydrogen (secondary N) is 1. The topological polar surface area (TPSA) is 47.9 Å². The minimum Gasteiger partial charge on any atom is -0.352 e. The molecule has 0 saturated carbocycles. The first-order valence-electron chi connectivity index (χ1n) is 12.2. The molecule has 34 heavy (non-hydrogen) atoms. The van der Waals surface area contributed by atoms with Gasteiger partial charge >= 0.3 is 0 Å². The van der Waals surface area contributed by atoms with Gasteiger partial charge in [0.2, 0.25) is 11.9 Å². The third-order valence-electron chi connectivity index (χ3n) is 6.21. The second-order valence-electron chi connectivity index (χ2n) is 8.66. The Kier molecular flexibility index (Phi) is 8.33. The zero-order valence-corrected chi connectivity index (χ0v) is 19.9. The molecule has 2 aromatic rings. The maximum Gasteiger partial charge on any atom is 0.222 e. The molecule has 0 spiro atoms. The molecule has 0 bridgehead atoms. The molecule has 1 atom stereocenters. The molecule has 2 aliphatic rings. The predicted octanol–water partition coefficient (Wildman–Crippen LogP) is 5.87. The first-order chi connectivity index (χ1) is 16.8. The van der Waals surface area contributed by atoms with E-state index in [1.54, 1.807) is 0 Å². The molecule has 1 amide bonds. The summed E-state index contributed by atoms with van der Waals surface area (Å²) in [4.78, 5) is 22.7. The van der Waals surface area contributed by atoms with Gasteiger partial charge in [-0.2, -0.15) is 0 Å². The van der Waals surface area contributed by atoms with Gasteiger partial charge in [-0.3, -0.25) is 4.79 Å². The molecule has 1 saturated heterocycles. The second-order valence-corrected chi connectivity index (χ2v) is 8.66. The van der Waals surface area contributed by atoms with Gasteiger partial charge in [0.25, 0.3) is 0 Å². The minimum atomic E-state index is -0.118. The van der Waals surface area contributed by atoms with Crippen LogP contribution in [0.3, 0.4) is 0 Å². The first-order valence-corrected chi connectivity index (χ1v) is 12.2. The Hall–Kier alpha value is -3.60. The summed E-state index contributed by atoms with van der Waals surface area (Å²) in [5, 5.41) is 3.11. The molecule has 1 N–H and O–H groups in total. The molecule has 2 aliphatic heterocycles. The van der Waals surface area contributed by atoms with E-state index >= 15 is 0 Å². The van der Waals surface area contributed by atoms with Crippen molar-refractivity contribution in [1.29, 1.82) is 0 Å². The van der Waals surface area contributed by atoms with E-state index in [1.165, 1.54) is 19.3 Å².